The van der Waals surface area contributed by atoms with Crippen molar-refractivity contribution in [1.82, 2.24) is 15.1 Å². The minimum absolute atomic E-state index is 0.0344. The number of carbonyl (C=O) groups excluding carboxylic acids is 2. The smallest absolute Gasteiger partial charge is 0.317 e. The summed E-state index contributed by atoms with van der Waals surface area (Å²) >= 11 is 0. The highest BCUT2D eigenvalue weighted by molar-refractivity contribution is 5.80. The van der Waals surface area contributed by atoms with Gasteiger partial charge in [0.25, 0.3) is 0 Å². The fraction of sp³-hybridized carbons (Fsp3) is 0.467. The number of amides is 3. The molecule has 0 bridgehead atoms. The summed E-state index contributed by atoms with van der Waals surface area (Å²) in [5.74, 6) is 0.236. The molecule has 0 spiro atoms. The molecule has 20 heavy (non-hydrogen) atoms. The Hall–Kier alpha value is -2.04. The predicted molar refractivity (Wildman–Crippen MR) is 75.0 cm³/mol. The first-order valence-electron chi connectivity index (χ1n) is 7.10. The van der Waals surface area contributed by atoms with Crippen LogP contribution in [0.5, 0.6) is 0 Å². The highest BCUT2D eigenvalue weighted by Crippen LogP contribution is 2.22. The quantitative estimate of drug-likeness (QED) is 0.880. The van der Waals surface area contributed by atoms with E-state index in [1.165, 1.54) is 0 Å². The Morgan fingerprint density at radius 2 is 2.05 bits per heavy atom. The average molecular weight is 273 g/mol. The summed E-state index contributed by atoms with van der Waals surface area (Å²) in [6.07, 6.45) is 1.51. The van der Waals surface area contributed by atoms with E-state index in [0.717, 1.165) is 12.0 Å². The maximum atomic E-state index is 12.2. The molecule has 5 nitrogen and oxygen atoms in total. The van der Waals surface area contributed by atoms with Crippen LogP contribution in [0.1, 0.15) is 18.4 Å². The van der Waals surface area contributed by atoms with E-state index in [4.69, 9.17) is 0 Å². The average Bonchev–Trinajstić information content (AvgIpc) is 2.87. The number of nitrogens with zero attached hydrogens (tertiary/aromatic N) is 2. The van der Waals surface area contributed by atoms with E-state index < -0.39 is 0 Å². The molecule has 1 aromatic carbocycles. The Kier molecular flexibility index (Phi) is 3.58. The van der Waals surface area contributed by atoms with E-state index in [9.17, 15) is 9.59 Å². The second-order valence-corrected chi connectivity index (χ2v) is 5.37. The summed E-state index contributed by atoms with van der Waals surface area (Å²) in [5.41, 5.74) is 1.09. The highest BCUT2D eigenvalue weighted by atomic mass is 16.2. The van der Waals surface area contributed by atoms with Crippen molar-refractivity contribution in [2.75, 3.05) is 19.6 Å². The van der Waals surface area contributed by atoms with E-state index in [1.54, 1.807) is 0 Å². The third kappa shape index (κ3) is 2.61. The van der Waals surface area contributed by atoms with E-state index >= 15 is 0 Å². The van der Waals surface area contributed by atoms with Crippen LogP contribution in [0.4, 0.5) is 4.79 Å². The second kappa shape index (κ2) is 5.53. The van der Waals surface area contributed by atoms with Gasteiger partial charge in [-0.15, -0.1) is 0 Å². The lowest BCUT2D eigenvalue weighted by atomic mass is 10.1. The number of urea groups is 1. The number of hydrogen-bond acceptors (Lipinski definition) is 2. The van der Waals surface area contributed by atoms with Gasteiger partial charge in [0.2, 0.25) is 5.91 Å². The topological polar surface area (TPSA) is 52.7 Å². The Labute approximate surface area is 118 Å². The van der Waals surface area contributed by atoms with Gasteiger partial charge in [-0.25, -0.2) is 4.79 Å². The summed E-state index contributed by atoms with van der Waals surface area (Å²) < 4.78 is 0. The van der Waals surface area contributed by atoms with Crippen molar-refractivity contribution in [1.29, 1.82) is 0 Å². The first-order chi connectivity index (χ1) is 9.74. The molecule has 2 aliphatic rings. The molecule has 1 aromatic rings. The molecule has 0 aliphatic carbocycles. The van der Waals surface area contributed by atoms with Gasteiger partial charge < -0.3 is 15.1 Å². The first kappa shape index (κ1) is 13.0. The van der Waals surface area contributed by atoms with Gasteiger partial charge in [-0.05, 0) is 12.0 Å². The standard InChI is InChI=1S/C15H19N3O2/c19-14-7-6-13-11-17(8-9-18(13)14)15(20)16-10-12-4-2-1-3-5-12/h1-5,13H,6-11H2,(H,16,20). The van der Waals surface area contributed by atoms with Crippen LogP contribution in [0, 0.1) is 0 Å². The van der Waals surface area contributed by atoms with Crippen LogP contribution in [0.2, 0.25) is 0 Å². The van der Waals surface area contributed by atoms with Crippen LogP contribution in [0.15, 0.2) is 30.3 Å². The maximum Gasteiger partial charge on any atom is 0.317 e. The normalized spacial score (nSPS) is 21.8. The fourth-order valence-electron chi connectivity index (χ4n) is 2.93. The largest absolute Gasteiger partial charge is 0.336 e. The molecule has 3 amide bonds. The number of benzene rings is 1. The Morgan fingerprint density at radius 1 is 1.25 bits per heavy atom. The van der Waals surface area contributed by atoms with Crippen LogP contribution in [-0.4, -0.2) is 47.4 Å². The van der Waals surface area contributed by atoms with Crippen molar-refractivity contribution in [2.45, 2.75) is 25.4 Å². The molecule has 2 fully saturated rings. The minimum Gasteiger partial charge on any atom is -0.336 e. The molecule has 0 aromatic heterocycles. The molecular formula is C15H19N3O2. The summed E-state index contributed by atoms with van der Waals surface area (Å²) in [6.45, 7) is 2.50. The summed E-state index contributed by atoms with van der Waals surface area (Å²) in [5, 5.41) is 2.94. The number of hydrogen-bond donors (Lipinski definition) is 1. The van der Waals surface area contributed by atoms with Crippen LogP contribution in [-0.2, 0) is 11.3 Å². The summed E-state index contributed by atoms with van der Waals surface area (Å²) in [6, 6.07) is 10.1. The monoisotopic (exact) mass is 273 g/mol. The van der Waals surface area contributed by atoms with Crippen molar-refractivity contribution in [2.24, 2.45) is 0 Å². The lowest BCUT2D eigenvalue weighted by Gasteiger charge is -2.37. The van der Waals surface area contributed by atoms with E-state index in [1.807, 2.05) is 40.1 Å². The molecular weight excluding hydrogens is 254 g/mol. The highest BCUT2D eigenvalue weighted by Gasteiger charge is 2.36. The number of nitrogens with one attached hydrogen (secondary N) is 1. The summed E-state index contributed by atoms with van der Waals surface area (Å²) in [4.78, 5) is 27.5. The molecule has 2 aliphatic heterocycles. The van der Waals surface area contributed by atoms with Gasteiger partial charge in [-0.3, -0.25) is 4.79 Å². The third-order valence-corrected chi connectivity index (χ3v) is 4.07. The van der Waals surface area contributed by atoms with Crippen molar-refractivity contribution in [3.63, 3.8) is 0 Å². The number of piperazine rings is 1. The number of rotatable bonds is 2. The van der Waals surface area contributed by atoms with Crippen LogP contribution in [0.25, 0.3) is 0 Å². The minimum atomic E-state index is -0.0344. The van der Waals surface area contributed by atoms with Crippen LogP contribution in [0.3, 0.4) is 0 Å². The van der Waals surface area contributed by atoms with E-state index in [-0.39, 0.29) is 18.0 Å². The Morgan fingerprint density at radius 3 is 2.85 bits per heavy atom. The zero-order valence-electron chi connectivity index (χ0n) is 11.4. The molecule has 1 atom stereocenters. The maximum absolute atomic E-state index is 12.2. The fourth-order valence-corrected chi connectivity index (χ4v) is 2.93. The lowest BCUT2D eigenvalue weighted by Crippen LogP contribution is -2.55. The first-order valence-corrected chi connectivity index (χ1v) is 7.10. The third-order valence-electron chi connectivity index (χ3n) is 4.07. The molecule has 106 valence electrons. The molecule has 5 heteroatoms. The molecule has 2 saturated heterocycles. The van der Waals surface area contributed by atoms with E-state index in [0.29, 0.717) is 32.6 Å². The number of fused-ring (bicyclic) bond motifs is 1. The van der Waals surface area contributed by atoms with Gasteiger partial charge in [-0.1, -0.05) is 30.3 Å². The SMILES string of the molecule is O=C(NCc1ccccc1)N1CCN2C(=O)CCC2C1. The summed E-state index contributed by atoms with van der Waals surface area (Å²) in [7, 11) is 0. The Balaban J connectivity index is 1.52. The van der Waals surface area contributed by atoms with Gasteiger partial charge in [0.1, 0.15) is 0 Å². The van der Waals surface area contributed by atoms with E-state index in [2.05, 4.69) is 5.32 Å². The van der Waals surface area contributed by atoms with Gasteiger partial charge in [0, 0.05) is 38.6 Å². The van der Waals surface area contributed by atoms with Crippen molar-refractivity contribution >= 4 is 11.9 Å². The van der Waals surface area contributed by atoms with Gasteiger partial charge in [0.15, 0.2) is 0 Å². The lowest BCUT2D eigenvalue weighted by molar-refractivity contribution is -0.130. The van der Waals surface area contributed by atoms with Crippen LogP contribution < -0.4 is 5.32 Å². The molecule has 0 radical (unpaired) electrons. The molecule has 0 saturated carbocycles. The van der Waals surface area contributed by atoms with Crippen molar-refractivity contribution < 1.29 is 9.59 Å². The second-order valence-electron chi connectivity index (χ2n) is 5.37. The predicted octanol–water partition coefficient (Wildman–Crippen LogP) is 1.20. The van der Waals surface area contributed by atoms with Crippen molar-refractivity contribution in [3.05, 3.63) is 35.9 Å². The zero-order valence-corrected chi connectivity index (χ0v) is 11.4. The van der Waals surface area contributed by atoms with Gasteiger partial charge >= 0.3 is 6.03 Å². The van der Waals surface area contributed by atoms with Crippen molar-refractivity contribution in [3.8, 4) is 0 Å². The molecule has 2 heterocycles. The molecule has 1 unspecified atom stereocenters. The number of carbonyl (C=O) groups is 2. The van der Waals surface area contributed by atoms with Gasteiger partial charge in [-0.2, -0.15) is 0 Å². The van der Waals surface area contributed by atoms with Gasteiger partial charge in [0.05, 0.1) is 0 Å². The Bertz CT molecular complexity index is 503. The van der Waals surface area contributed by atoms with Crippen LogP contribution >= 0.6 is 0 Å². The zero-order chi connectivity index (χ0) is 13.9. The molecule has 3 rings (SSSR count). The molecule has 1 N–H and O–H groups in total.